The van der Waals surface area contributed by atoms with Gasteiger partial charge in [0.05, 0.1) is 5.02 Å². The fourth-order valence-electron chi connectivity index (χ4n) is 1.82. The number of hydrogen-bond acceptors (Lipinski definition) is 4. The van der Waals surface area contributed by atoms with Crippen molar-refractivity contribution in [3.05, 3.63) is 51.1 Å². The minimum atomic E-state index is -1.12. The fourth-order valence-corrected chi connectivity index (χ4v) is 1.98. The first-order chi connectivity index (χ1) is 9.06. The first kappa shape index (κ1) is 11.7. The largest absolute Gasteiger partial charge is 0.478 e. The molecule has 1 aliphatic carbocycles. The number of carboxylic acids is 1. The molecule has 0 atom stereocenters. The van der Waals surface area contributed by atoms with Crippen LogP contribution in [0, 0.1) is 0 Å². The second kappa shape index (κ2) is 4.07. The number of aromatic carboxylic acids is 1. The van der Waals surface area contributed by atoms with Crippen LogP contribution in [-0.2, 0) is 0 Å². The van der Waals surface area contributed by atoms with E-state index in [2.05, 4.69) is 4.98 Å². The Hall–Kier alpha value is -2.40. The normalized spacial score (nSPS) is 11.0. The van der Waals surface area contributed by atoms with Gasteiger partial charge in [-0.05, 0) is 18.2 Å². The van der Waals surface area contributed by atoms with E-state index < -0.39 is 11.4 Å². The van der Waals surface area contributed by atoms with E-state index in [1.54, 1.807) is 12.1 Å². The number of halogens is 1. The summed E-state index contributed by atoms with van der Waals surface area (Å²) in [5, 5.41) is 9.13. The van der Waals surface area contributed by atoms with Gasteiger partial charge in [-0.25, -0.2) is 9.78 Å². The average molecular weight is 276 g/mol. The molecular weight excluding hydrogens is 270 g/mol. The van der Waals surface area contributed by atoms with Crippen molar-refractivity contribution >= 4 is 28.7 Å². The topological polar surface area (TPSA) is 80.4 Å². The van der Waals surface area contributed by atoms with Gasteiger partial charge in [0.15, 0.2) is 11.3 Å². The zero-order chi connectivity index (χ0) is 13.6. The number of carbonyl (C=O) groups is 1. The molecule has 0 saturated heterocycles. The van der Waals surface area contributed by atoms with Gasteiger partial charge in [-0.2, -0.15) is 0 Å². The van der Waals surface area contributed by atoms with Crippen LogP contribution in [0.15, 0.2) is 39.5 Å². The molecule has 0 saturated carbocycles. The summed E-state index contributed by atoms with van der Waals surface area (Å²) in [6, 6.07) is 7.21. The quantitative estimate of drug-likeness (QED) is 0.691. The molecule has 19 heavy (non-hydrogen) atoms. The summed E-state index contributed by atoms with van der Waals surface area (Å²) in [6.45, 7) is 0. The van der Waals surface area contributed by atoms with Gasteiger partial charge in [0, 0.05) is 6.07 Å². The SMILES string of the molecule is O=C(O)c1cccc2nc3cc(Cl)c(=O)cc-3oc12. The molecule has 0 unspecified atom stereocenters. The second-order valence-electron chi connectivity index (χ2n) is 3.92. The van der Waals surface area contributed by atoms with Crippen molar-refractivity contribution in [1.29, 1.82) is 0 Å². The molecule has 1 aliphatic heterocycles. The second-order valence-corrected chi connectivity index (χ2v) is 4.33. The summed E-state index contributed by atoms with van der Waals surface area (Å²) in [5.74, 6) is -0.914. The first-order valence-electron chi connectivity index (χ1n) is 5.33. The highest BCUT2D eigenvalue weighted by molar-refractivity contribution is 6.30. The van der Waals surface area contributed by atoms with Gasteiger partial charge >= 0.3 is 5.97 Å². The van der Waals surface area contributed by atoms with E-state index in [0.717, 1.165) is 0 Å². The maximum absolute atomic E-state index is 11.5. The van der Waals surface area contributed by atoms with Crippen LogP contribution in [-0.4, -0.2) is 16.1 Å². The Bertz CT molecular complexity index is 840. The predicted molar refractivity (Wildman–Crippen MR) is 68.9 cm³/mol. The maximum Gasteiger partial charge on any atom is 0.339 e. The Morgan fingerprint density at radius 3 is 2.84 bits per heavy atom. The van der Waals surface area contributed by atoms with Crippen LogP contribution in [0.4, 0.5) is 0 Å². The van der Waals surface area contributed by atoms with Crippen molar-refractivity contribution in [3.63, 3.8) is 0 Å². The Labute approximate surface area is 111 Å². The lowest BCUT2D eigenvalue weighted by Crippen LogP contribution is -2.04. The van der Waals surface area contributed by atoms with E-state index in [9.17, 15) is 9.59 Å². The maximum atomic E-state index is 11.5. The van der Waals surface area contributed by atoms with Gasteiger partial charge in [-0.1, -0.05) is 17.7 Å². The van der Waals surface area contributed by atoms with Crippen LogP contribution in [0.25, 0.3) is 22.6 Å². The molecule has 0 bridgehead atoms. The van der Waals surface area contributed by atoms with Crippen molar-refractivity contribution in [2.75, 3.05) is 0 Å². The molecule has 1 aromatic rings. The third kappa shape index (κ3) is 1.84. The van der Waals surface area contributed by atoms with E-state index in [0.29, 0.717) is 11.2 Å². The molecule has 0 aromatic heterocycles. The molecule has 5 nitrogen and oxygen atoms in total. The molecule has 0 spiro atoms. The van der Waals surface area contributed by atoms with Gasteiger partial charge in [-0.3, -0.25) is 4.79 Å². The van der Waals surface area contributed by atoms with Crippen LogP contribution in [0.1, 0.15) is 10.4 Å². The first-order valence-corrected chi connectivity index (χ1v) is 5.70. The monoisotopic (exact) mass is 275 g/mol. The van der Waals surface area contributed by atoms with E-state index in [1.165, 1.54) is 18.2 Å². The molecule has 0 radical (unpaired) electrons. The van der Waals surface area contributed by atoms with Gasteiger partial charge in [-0.15, -0.1) is 0 Å². The third-order valence-electron chi connectivity index (χ3n) is 2.69. The number of fused-ring (bicyclic) bond motifs is 2. The van der Waals surface area contributed by atoms with Gasteiger partial charge in [0.1, 0.15) is 16.8 Å². The number of nitrogens with zero attached hydrogens (tertiary/aromatic N) is 1. The zero-order valence-electron chi connectivity index (χ0n) is 9.38. The molecule has 6 heteroatoms. The molecule has 1 aromatic carbocycles. The summed E-state index contributed by atoms with van der Waals surface area (Å²) in [4.78, 5) is 26.8. The molecule has 1 heterocycles. The van der Waals surface area contributed by atoms with Crippen LogP contribution in [0.3, 0.4) is 0 Å². The number of hydrogen-bond donors (Lipinski definition) is 1. The summed E-state index contributed by atoms with van der Waals surface area (Å²) in [6.07, 6.45) is 0. The number of carboxylic acid groups (broad SMARTS) is 1. The number of benzene rings is 2. The zero-order valence-corrected chi connectivity index (χ0v) is 10.1. The Balaban J connectivity index is 2.47. The molecule has 0 amide bonds. The minimum Gasteiger partial charge on any atom is -0.478 e. The number of rotatable bonds is 1. The average Bonchev–Trinajstić information content (AvgIpc) is 2.37. The van der Waals surface area contributed by atoms with Crippen molar-refractivity contribution < 1.29 is 14.3 Å². The third-order valence-corrected chi connectivity index (χ3v) is 2.99. The molecule has 94 valence electrons. The Morgan fingerprint density at radius 1 is 1.32 bits per heavy atom. The molecule has 3 rings (SSSR count). The van der Waals surface area contributed by atoms with Crippen LogP contribution in [0.5, 0.6) is 0 Å². The molecule has 2 aliphatic rings. The van der Waals surface area contributed by atoms with Crippen LogP contribution >= 0.6 is 11.6 Å². The number of para-hydroxylation sites is 1. The molecular formula is C13H6ClNO4. The lowest BCUT2D eigenvalue weighted by molar-refractivity contribution is 0.0698. The van der Waals surface area contributed by atoms with Crippen molar-refractivity contribution in [2.24, 2.45) is 0 Å². The summed E-state index contributed by atoms with van der Waals surface area (Å²) >= 11 is 5.73. The van der Waals surface area contributed by atoms with Crippen LogP contribution in [0.2, 0.25) is 5.02 Å². The van der Waals surface area contributed by atoms with E-state index in [-0.39, 0.29) is 21.9 Å². The highest BCUT2D eigenvalue weighted by Crippen LogP contribution is 2.27. The standard InChI is InChI=1S/C13H6ClNO4/c14-7-4-9-11(5-10(7)16)19-12-6(13(17)18)2-1-3-8(12)15-9/h1-5H,(H,17,18). The van der Waals surface area contributed by atoms with Gasteiger partial charge < -0.3 is 9.52 Å². The lowest BCUT2D eigenvalue weighted by Gasteiger charge is -2.07. The summed E-state index contributed by atoms with van der Waals surface area (Å²) < 4.78 is 5.47. The van der Waals surface area contributed by atoms with Crippen molar-refractivity contribution in [3.8, 4) is 11.5 Å². The number of aromatic nitrogens is 1. The fraction of sp³-hybridized carbons (Fsp3) is 0. The lowest BCUT2D eigenvalue weighted by atomic mass is 10.1. The van der Waals surface area contributed by atoms with E-state index >= 15 is 0 Å². The van der Waals surface area contributed by atoms with Gasteiger partial charge in [0.2, 0.25) is 5.43 Å². The smallest absolute Gasteiger partial charge is 0.339 e. The predicted octanol–water partition coefficient (Wildman–Crippen LogP) is 2.64. The molecule has 0 fully saturated rings. The van der Waals surface area contributed by atoms with Crippen molar-refractivity contribution in [2.45, 2.75) is 0 Å². The molecule has 1 N–H and O–H groups in total. The van der Waals surface area contributed by atoms with Crippen molar-refractivity contribution in [1.82, 2.24) is 4.98 Å². The van der Waals surface area contributed by atoms with Gasteiger partial charge in [0.25, 0.3) is 0 Å². The summed E-state index contributed by atoms with van der Waals surface area (Å²) in [5.41, 5.74) is 0.521. The van der Waals surface area contributed by atoms with Crippen LogP contribution < -0.4 is 5.43 Å². The minimum absolute atomic E-state index is 0.00528. The highest BCUT2D eigenvalue weighted by Gasteiger charge is 2.16. The Kier molecular flexibility index (Phi) is 2.50. The Morgan fingerprint density at radius 2 is 2.11 bits per heavy atom. The highest BCUT2D eigenvalue weighted by atomic mass is 35.5. The summed E-state index contributed by atoms with van der Waals surface area (Å²) in [7, 11) is 0. The van der Waals surface area contributed by atoms with E-state index in [4.69, 9.17) is 21.1 Å². The van der Waals surface area contributed by atoms with E-state index in [1.807, 2.05) is 0 Å².